The highest BCUT2D eigenvalue weighted by atomic mass is 35.5. The molecule has 2 unspecified atom stereocenters. The van der Waals surface area contributed by atoms with Gasteiger partial charge in [0.1, 0.15) is 5.60 Å². The molecule has 0 spiro atoms. The molecule has 2 aromatic carbocycles. The lowest BCUT2D eigenvalue weighted by atomic mass is 9.82. The zero-order valence-corrected chi connectivity index (χ0v) is 19.1. The molecule has 7 heteroatoms. The minimum atomic E-state index is -0.571. The fourth-order valence-corrected chi connectivity index (χ4v) is 4.65. The van der Waals surface area contributed by atoms with Crippen LogP contribution < -0.4 is 10.6 Å². The molecule has 164 valence electrons. The molecule has 0 saturated carbocycles. The standard InChI is InChI=1S/C24H28ClN3O3/c1-14-11-17(26)6-7-18(14)22(29)27-10-9-15-13-28(23(30)31-24(2,3)4)21(15)19-12-16(25)5-8-20(19)27/h5-8,11-12,15,21H,9-10,13,26H2,1-4H3. The van der Waals surface area contributed by atoms with Gasteiger partial charge in [-0.2, -0.15) is 0 Å². The van der Waals surface area contributed by atoms with Crippen molar-refractivity contribution in [2.75, 3.05) is 23.7 Å². The Hall–Kier alpha value is -2.73. The number of benzene rings is 2. The highest BCUT2D eigenvalue weighted by molar-refractivity contribution is 6.30. The number of hydrogen-bond donors (Lipinski definition) is 1. The number of carbonyl (C=O) groups excluding carboxylic acids is 2. The first-order chi connectivity index (χ1) is 14.5. The van der Waals surface area contributed by atoms with Crippen LogP contribution in [0.15, 0.2) is 36.4 Å². The molecule has 0 bridgehead atoms. The third kappa shape index (κ3) is 4.09. The van der Waals surface area contributed by atoms with Gasteiger partial charge in [-0.25, -0.2) is 4.79 Å². The van der Waals surface area contributed by atoms with Crippen molar-refractivity contribution >= 4 is 35.0 Å². The number of anilines is 2. The predicted octanol–water partition coefficient (Wildman–Crippen LogP) is 5.19. The predicted molar refractivity (Wildman–Crippen MR) is 123 cm³/mol. The zero-order chi connectivity index (χ0) is 22.5. The van der Waals surface area contributed by atoms with Crippen molar-refractivity contribution < 1.29 is 14.3 Å². The first-order valence-corrected chi connectivity index (χ1v) is 10.9. The number of fused-ring (bicyclic) bond motifs is 3. The maximum absolute atomic E-state index is 13.5. The van der Waals surface area contributed by atoms with Crippen molar-refractivity contribution in [3.63, 3.8) is 0 Å². The highest BCUT2D eigenvalue weighted by Crippen LogP contribution is 2.48. The molecule has 2 aliphatic heterocycles. The average molecular weight is 442 g/mol. The lowest BCUT2D eigenvalue weighted by Crippen LogP contribution is -2.53. The van der Waals surface area contributed by atoms with E-state index in [9.17, 15) is 9.59 Å². The third-order valence-electron chi connectivity index (χ3n) is 5.89. The molecule has 0 radical (unpaired) electrons. The molecule has 6 nitrogen and oxygen atoms in total. The van der Waals surface area contributed by atoms with Gasteiger partial charge in [-0.15, -0.1) is 0 Å². The Morgan fingerprint density at radius 2 is 1.90 bits per heavy atom. The van der Waals surface area contributed by atoms with Gasteiger partial charge < -0.3 is 20.3 Å². The number of carbonyl (C=O) groups is 2. The summed E-state index contributed by atoms with van der Waals surface area (Å²) in [6, 6.07) is 10.7. The van der Waals surface area contributed by atoms with Crippen LogP contribution in [-0.4, -0.2) is 35.6 Å². The van der Waals surface area contributed by atoms with Crippen LogP contribution in [0.1, 0.15) is 54.7 Å². The Morgan fingerprint density at radius 3 is 2.58 bits per heavy atom. The molecular formula is C24H28ClN3O3. The van der Waals surface area contributed by atoms with E-state index in [2.05, 4.69) is 0 Å². The molecular weight excluding hydrogens is 414 g/mol. The van der Waals surface area contributed by atoms with Crippen molar-refractivity contribution in [1.82, 2.24) is 4.90 Å². The lowest BCUT2D eigenvalue weighted by molar-refractivity contribution is -0.0315. The van der Waals surface area contributed by atoms with Crippen LogP contribution in [0.25, 0.3) is 0 Å². The summed E-state index contributed by atoms with van der Waals surface area (Å²) >= 11 is 6.34. The molecule has 0 aliphatic carbocycles. The van der Waals surface area contributed by atoms with E-state index in [4.69, 9.17) is 22.1 Å². The molecule has 2 aliphatic rings. The van der Waals surface area contributed by atoms with E-state index in [-0.39, 0.29) is 24.0 Å². The van der Waals surface area contributed by atoms with Gasteiger partial charge in [0.25, 0.3) is 5.91 Å². The van der Waals surface area contributed by atoms with Gasteiger partial charge in [0, 0.05) is 46.5 Å². The maximum Gasteiger partial charge on any atom is 0.410 e. The second-order valence-corrected chi connectivity index (χ2v) is 9.80. The summed E-state index contributed by atoms with van der Waals surface area (Å²) < 4.78 is 5.61. The van der Waals surface area contributed by atoms with Crippen molar-refractivity contribution in [2.24, 2.45) is 5.92 Å². The van der Waals surface area contributed by atoms with E-state index >= 15 is 0 Å². The van der Waals surface area contributed by atoms with E-state index < -0.39 is 5.60 Å². The Bertz CT molecular complexity index is 1050. The summed E-state index contributed by atoms with van der Waals surface area (Å²) in [5.41, 5.74) is 9.05. The quantitative estimate of drug-likeness (QED) is 0.618. The normalized spacial score (nSPS) is 20.3. The van der Waals surface area contributed by atoms with Crippen molar-refractivity contribution in [3.8, 4) is 0 Å². The first-order valence-electron chi connectivity index (χ1n) is 10.5. The van der Waals surface area contributed by atoms with Gasteiger partial charge in [0.15, 0.2) is 0 Å². The summed E-state index contributed by atoms with van der Waals surface area (Å²) in [5.74, 6) is 0.168. The number of ether oxygens (including phenoxy) is 1. The van der Waals surface area contributed by atoms with Gasteiger partial charge >= 0.3 is 6.09 Å². The topological polar surface area (TPSA) is 75.9 Å². The summed E-state index contributed by atoms with van der Waals surface area (Å²) in [7, 11) is 0. The van der Waals surface area contributed by atoms with Crippen LogP contribution in [0.4, 0.5) is 16.2 Å². The Kier molecular flexibility index (Phi) is 5.38. The number of nitrogen functional groups attached to an aromatic ring is 1. The van der Waals surface area contributed by atoms with Gasteiger partial charge in [-0.1, -0.05) is 11.6 Å². The summed E-state index contributed by atoms with van der Waals surface area (Å²) in [6.45, 7) is 8.63. The first kappa shape index (κ1) is 21.5. The summed E-state index contributed by atoms with van der Waals surface area (Å²) in [5, 5.41) is 0.575. The minimum Gasteiger partial charge on any atom is -0.444 e. The monoisotopic (exact) mass is 441 g/mol. The van der Waals surface area contributed by atoms with E-state index in [1.807, 2.05) is 45.9 Å². The summed E-state index contributed by atoms with van der Waals surface area (Å²) in [4.78, 5) is 29.9. The number of rotatable bonds is 1. The van der Waals surface area contributed by atoms with Crippen LogP contribution in [0, 0.1) is 12.8 Å². The Balaban J connectivity index is 1.71. The molecule has 2 aromatic rings. The molecule has 1 saturated heterocycles. The van der Waals surface area contributed by atoms with Crippen LogP contribution in [0.3, 0.4) is 0 Å². The number of amides is 2. The van der Waals surface area contributed by atoms with Crippen LogP contribution in [0.2, 0.25) is 5.02 Å². The number of halogens is 1. The van der Waals surface area contributed by atoms with Crippen molar-refractivity contribution in [3.05, 3.63) is 58.1 Å². The maximum atomic E-state index is 13.5. The molecule has 2 N–H and O–H groups in total. The van der Waals surface area contributed by atoms with Crippen LogP contribution in [-0.2, 0) is 4.74 Å². The second kappa shape index (κ2) is 7.75. The molecule has 31 heavy (non-hydrogen) atoms. The van der Waals surface area contributed by atoms with Gasteiger partial charge in [-0.05, 0) is 76.1 Å². The largest absolute Gasteiger partial charge is 0.444 e. The Labute approximate surface area is 187 Å². The summed E-state index contributed by atoms with van der Waals surface area (Å²) in [6.07, 6.45) is 0.449. The van der Waals surface area contributed by atoms with Gasteiger partial charge in [0.05, 0.1) is 6.04 Å². The molecule has 1 fully saturated rings. The van der Waals surface area contributed by atoms with Gasteiger partial charge in [0.2, 0.25) is 0 Å². The molecule has 2 atom stereocenters. The number of likely N-dealkylation sites (tertiary alicyclic amines) is 1. The van der Waals surface area contributed by atoms with E-state index in [0.717, 1.165) is 23.2 Å². The van der Waals surface area contributed by atoms with E-state index in [1.54, 1.807) is 28.0 Å². The number of hydrogen-bond acceptors (Lipinski definition) is 4. The van der Waals surface area contributed by atoms with E-state index in [1.165, 1.54) is 0 Å². The molecule has 0 aromatic heterocycles. The fourth-order valence-electron chi connectivity index (χ4n) is 4.47. The molecule has 4 rings (SSSR count). The van der Waals surface area contributed by atoms with Crippen LogP contribution >= 0.6 is 11.6 Å². The number of nitrogens with two attached hydrogens (primary N) is 1. The fraction of sp³-hybridized carbons (Fsp3) is 0.417. The van der Waals surface area contributed by atoms with Crippen molar-refractivity contribution in [1.29, 1.82) is 0 Å². The number of nitrogens with zero attached hydrogens (tertiary/aromatic N) is 2. The minimum absolute atomic E-state index is 0.0776. The van der Waals surface area contributed by atoms with Crippen molar-refractivity contribution in [2.45, 2.75) is 45.8 Å². The lowest BCUT2D eigenvalue weighted by Gasteiger charge is -2.47. The third-order valence-corrected chi connectivity index (χ3v) is 6.13. The Morgan fingerprint density at radius 1 is 1.16 bits per heavy atom. The van der Waals surface area contributed by atoms with Crippen LogP contribution in [0.5, 0.6) is 0 Å². The van der Waals surface area contributed by atoms with E-state index in [0.29, 0.717) is 29.4 Å². The SMILES string of the molecule is Cc1cc(N)ccc1C(=O)N1CCC2CN(C(=O)OC(C)(C)C)C2c2cc(Cl)ccc21. The molecule has 2 amide bonds. The average Bonchev–Trinajstić information content (AvgIpc) is 2.73. The number of aryl methyl sites for hydroxylation is 1. The smallest absolute Gasteiger partial charge is 0.410 e. The highest BCUT2D eigenvalue weighted by Gasteiger charge is 2.47. The zero-order valence-electron chi connectivity index (χ0n) is 18.3. The second-order valence-electron chi connectivity index (χ2n) is 9.36. The molecule has 2 heterocycles. The van der Waals surface area contributed by atoms with Gasteiger partial charge in [-0.3, -0.25) is 4.79 Å².